The van der Waals surface area contributed by atoms with E-state index in [9.17, 15) is 19.8 Å². The molecule has 1 aliphatic rings. The van der Waals surface area contributed by atoms with Crippen molar-refractivity contribution in [3.63, 3.8) is 0 Å². The molecule has 0 saturated heterocycles. The molecule has 0 unspecified atom stereocenters. The van der Waals surface area contributed by atoms with Crippen LogP contribution in [0.15, 0.2) is 35.4 Å². The summed E-state index contributed by atoms with van der Waals surface area (Å²) >= 11 is 0. The van der Waals surface area contributed by atoms with Gasteiger partial charge < -0.3 is 15.2 Å². The Morgan fingerprint density at radius 1 is 1.19 bits per heavy atom. The lowest BCUT2D eigenvalue weighted by Crippen LogP contribution is -2.31. The standard InChI is InChI=1S/C21H23NO4/c1-10(2)5-6-13-7-8-15-14(9-13)17-18(22-15)16(20(25)12(4)23)11(3)19(24)21(17)26/h5,7-9,12,20,22-23,25H,6H2,1-4H3/t12-,20-/m1/s1. The summed E-state index contributed by atoms with van der Waals surface area (Å²) in [4.78, 5) is 28.3. The molecule has 0 amide bonds. The summed E-state index contributed by atoms with van der Waals surface area (Å²) in [6, 6.07) is 5.75. The van der Waals surface area contributed by atoms with Crippen LogP contribution >= 0.6 is 0 Å². The minimum Gasteiger partial charge on any atom is -0.390 e. The topological polar surface area (TPSA) is 90.4 Å². The van der Waals surface area contributed by atoms with E-state index in [-0.39, 0.29) is 11.1 Å². The molecule has 1 aromatic carbocycles. The molecule has 0 bridgehead atoms. The second-order valence-electron chi connectivity index (χ2n) is 7.12. The zero-order valence-corrected chi connectivity index (χ0v) is 15.4. The number of Topliss-reactive ketones (excluding diaryl/α,β-unsaturated/α-hetero) is 2. The summed E-state index contributed by atoms with van der Waals surface area (Å²) in [6.07, 6.45) is 0.524. The minimum atomic E-state index is -1.25. The molecule has 0 fully saturated rings. The van der Waals surface area contributed by atoms with Crippen LogP contribution < -0.4 is 0 Å². The monoisotopic (exact) mass is 353 g/mol. The second kappa shape index (κ2) is 6.67. The second-order valence-corrected chi connectivity index (χ2v) is 7.12. The van der Waals surface area contributed by atoms with Crippen molar-refractivity contribution in [2.75, 3.05) is 0 Å². The Kier molecular flexibility index (Phi) is 4.69. The molecular formula is C21H23NO4. The lowest BCUT2D eigenvalue weighted by Gasteiger charge is -2.23. The van der Waals surface area contributed by atoms with E-state index < -0.39 is 23.8 Å². The van der Waals surface area contributed by atoms with Crippen LogP contribution in [0.5, 0.6) is 0 Å². The van der Waals surface area contributed by atoms with Gasteiger partial charge in [-0.1, -0.05) is 17.7 Å². The quantitative estimate of drug-likeness (QED) is 0.582. The van der Waals surface area contributed by atoms with Gasteiger partial charge in [0.05, 0.1) is 17.4 Å². The van der Waals surface area contributed by atoms with Gasteiger partial charge in [-0.2, -0.15) is 0 Å². The van der Waals surface area contributed by atoms with Gasteiger partial charge in [-0.25, -0.2) is 0 Å². The molecule has 2 atom stereocenters. The van der Waals surface area contributed by atoms with E-state index in [0.717, 1.165) is 17.5 Å². The summed E-state index contributed by atoms with van der Waals surface area (Å²) in [7, 11) is 0. The van der Waals surface area contributed by atoms with Crippen molar-refractivity contribution < 1.29 is 19.8 Å². The lowest BCUT2D eigenvalue weighted by molar-refractivity contribution is -0.111. The van der Waals surface area contributed by atoms with E-state index in [1.807, 2.05) is 32.0 Å². The van der Waals surface area contributed by atoms with Gasteiger partial charge in [0, 0.05) is 22.0 Å². The van der Waals surface area contributed by atoms with E-state index in [1.165, 1.54) is 19.4 Å². The number of benzene rings is 1. The molecule has 3 N–H and O–H groups in total. The molecule has 0 aliphatic heterocycles. The molecule has 0 spiro atoms. The minimum absolute atomic E-state index is 0.173. The third kappa shape index (κ3) is 2.93. The number of carbonyl (C=O) groups excluding carboxylic acids is 2. The Morgan fingerprint density at radius 2 is 1.88 bits per heavy atom. The van der Waals surface area contributed by atoms with Gasteiger partial charge >= 0.3 is 0 Å². The van der Waals surface area contributed by atoms with Crippen LogP contribution in [0.4, 0.5) is 0 Å². The van der Waals surface area contributed by atoms with E-state index in [0.29, 0.717) is 16.7 Å². The van der Waals surface area contributed by atoms with Crippen molar-refractivity contribution in [2.24, 2.45) is 0 Å². The van der Waals surface area contributed by atoms with Gasteiger partial charge in [0.1, 0.15) is 6.10 Å². The predicted molar refractivity (Wildman–Crippen MR) is 101 cm³/mol. The third-order valence-corrected chi connectivity index (χ3v) is 4.81. The summed E-state index contributed by atoms with van der Waals surface area (Å²) in [5.41, 5.74) is 4.13. The first-order chi connectivity index (χ1) is 12.2. The lowest BCUT2D eigenvalue weighted by atomic mass is 9.84. The summed E-state index contributed by atoms with van der Waals surface area (Å²) in [5.74, 6) is -1.22. The van der Waals surface area contributed by atoms with Gasteiger partial charge in [0.2, 0.25) is 11.6 Å². The molecule has 0 saturated carbocycles. The first kappa shape index (κ1) is 18.3. The van der Waals surface area contributed by atoms with Gasteiger partial charge in [0.25, 0.3) is 0 Å². The maximum Gasteiger partial charge on any atom is 0.235 e. The summed E-state index contributed by atoms with van der Waals surface area (Å²) < 4.78 is 0. The maximum absolute atomic E-state index is 12.7. The number of hydrogen-bond donors (Lipinski definition) is 3. The molecule has 5 nitrogen and oxygen atoms in total. The predicted octanol–water partition coefficient (Wildman–Crippen LogP) is 2.96. The first-order valence-corrected chi connectivity index (χ1v) is 8.66. The number of allylic oxidation sites excluding steroid dienone is 3. The van der Waals surface area contributed by atoms with Gasteiger partial charge in [-0.3, -0.25) is 9.59 Å². The van der Waals surface area contributed by atoms with Crippen molar-refractivity contribution in [3.05, 3.63) is 52.2 Å². The highest BCUT2D eigenvalue weighted by Crippen LogP contribution is 2.37. The molecule has 1 heterocycles. The zero-order valence-electron chi connectivity index (χ0n) is 15.4. The number of aromatic amines is 1. The van der Waals surface area contributed by atoms with Crippen LogP contribution in [0, 0.1) is 0 Å². The fraction of sp³-hybridized carbons (Fsp3) is 0.333. The van der Waals surface area contributed by atoms with Crippen LogP contribution in [-0.2, 0) is 11.2 Å². The number of nitrogens with one attached hydrogen (secondary N) is 1. The van der Waals surface area contributed by atoms with Crippen LogP contribution in [-0.4, -0.2) is 39.0 Å². The molecule has 5 heteroatoms. The number of aliphatic hydroxyl groups is 2. The zero-order chi connectivity index (χ0) is 19.2. The average molecular weight is 353 g/mol. The molecule has 3 rings (SSSR count). The van der Waals surface area contributed by atoms with Crippen LogP contribution in [0.2, 0.25) is 0 Å². The van der Waals surface area contributed by atoms with Crippen LogP contribution in [0.3, 0.4) is 0 Å². The molecular weight excluding hydrogens is 330 g/mol. The number of H-pyrrole nitrogens is 1. The Morgan fingerprint density at radius 3 is 2.50 bits per heavy atom. The number of aliphatic hydroxyl groups excluding tert-OH is 2. The highest BCUT2D eigenvalue weighted by molar-refractivity contribution is 6.54. The van der Waals surface area contributed by atoms with Crippen molar-refractivity contribution >= 4 is 28.0 Å². The smallest absolute Gasteiger partial charge is 0.235 e. The fourth-order valence-corrected chi connectivity index (χ4v) is 3.33. The van der Waals surface area contributed by atoms with Crippen molar-refractivity contribution in [3.8, 4) is 0 Å². The number of fused-ring (bicyclic) bond motifs is 3. The van der Waals surface area contributed by atoms with E-state index in [4.69, 9.17) is 0 Å². The van der Waals surface area contributed by atoms with Crippen LogP contribution in [0.25, 0.3) is 16.5 Å². The number of aromatic nitrogens is 1. The molecule has 0 radical (unpaired) electrons. The van der Waals surface area contributed by atoms with E-state index in [1.54, 1.807) is 0 Å². The molecule has 26 heavy (non-hydrogen) atoms. The maximum atomic E-state index is 12.7. The molecule has 136 valence electrons. The molecule has 1 aliphatic carbocycles. The largest absolute Gasteiger partial charge is 0.390 e. The summed E-state index contributed by atoms with van der Waals surface area (Å²) in [6.45, 7) is 7.01. The van der Waals surface area contributed by atoms with Crippen molar-refractivity contribution in [2.45, 2.75) is 46.3 Å². The van der Waals surface area contributed by atoms with Crippen molar-refractivity contribution in [1.82, 2.24) is 4.98 Å². The molecule has 2 aromatic rings. The average Bonchev–Trinajstić information content (AvgIpc) is 2.96. The fourth-order valence-electron chi connectivity index (χ4n) is 3.33. The Labute approximate surface area is 152 Å². The first-order valence-electron chi connectivity index (χ1n) is 8.66. The van der Waals surface area contributed by atoms with Crippen molar-refractivity contribution in [1.29, 1.82) is 0 Å². The Hall–Kier alpha value is -2.50. The summed E-state index contributed by atoms with van der Waals surface area (Å²) in [5, 5.41) is 20.9. The SMILES string of the molecule is CC(C)=CCc1ccc2[nH]c3c(c2c1)C(=O)C(=O)C(C)=C3[C@H](O)[C@@H](C)O. The normalized spacial score (nSPS) is 16.7. The van der Waals surface area contributed by atoms with Gasteiger partial charge in [0.15, 0.2) is 0 Å². The third-order valence-electron chi connectivity index (χ3n) is 4.81. The highest BCUT2D eigenvalue weighted by Gasteiger charge is 2.37. The number of ketones is 2. The number of hydrogen-bond acceptors (Lipinski definition) is 4. The van der Waals surface area contributed by atoms with E-state index >= 15 is 0 Å². The van der Waals surface area contributed by atoms with E-state index in [2.05, 4.69) is 11.1 Å². The van der Waals surface area contributed by atoms with Gasteiger partial charge in [-0.05, 0) is 51.8 Å². The highest BCUT2D eigenvalue weighted by atomic mass is 16.3. The molecule has 1 aromatic heterocycles. The number of carbonyl (C=O) groups is 2. The Bertz CT molecular complexity index is 971. The van der Waals surface area contributed by atoms with Crippen LogP contribution in [0.1, 0.15) is 49.3 Å². The Balaban J connectivity index is 2.23. The number of rotatable bonds is 4. The van der Waals surface area contributed by atoms with Gasteiger partial charge in [-0.15, -0.1) is 0 Å².